The fourth-order valence-electron chi connectivity index (χ4n) is 1.18. The summed E-state index contributed by atoms with van der Waals surface area (Å²) < 4.78 is 0. The number of rotatable bonds is 3. The Balaban J connectivity index is 3.00. The molecule has 1 aromatic carbocycles. The van der Waals surface area contributed by atoms with Gasteiger partial charge in [-0.15, -0.1) is 0 Å². The number of anilines is 1. The second kappa shape index (κ2) is 4.99. The summed E-state index contributed by atoms with van der Waals surface area (Å²) in [5.74, 6) is -1.21. The predicted molar refractivity (Wildman–Crippen MR) is 62.0 cm³/mol. The first kappa shape index (κ1) is 11.8. The van der Waals surface area contributed by atoms with Crippen LogP contribution in [0.25, 0.3) is 6.08 Å². The van der Waals surface area contributed by atoms with Gasteiger partial charge in [0.2, 0.25) is 0 Å². The lowest BCUT2D eigenvalue weighted by Crippen LogP contribution is -2.08. The van der Waals surface area contributed by atoms with Gasteiger partial charge in [-0.1, -0.05) is 12.1 Å². The smallest absolute Gasteiger partial charge is 0.346 e. The molecular weight excluding hydrogens is 204 g/mol. The first-order chi connectivity index (χ1) is 7.54. The van der Waals surface area contributed by atoms with Crippen molar-refractivity contribution in [3.8, 4) is 6.07 Å². The Bertz CT molecular complexity index is 453. The Morgan fingerprint density at radius 1 is 1.38 bits per heavy atom. The molecule has 1 N–H and O–H groups in total. The van der Waals surface area contributed by atoms with E-state index in [1.165, 1.54) is 6.08 Å². The summed E-state index contributed by atoms with van der Waals surface area (Å²) in [6.45, 7) is 0. The lowest BCUT2D eigenvalue weighted by molar-refractivity contribution is -0.132. The Kier molecular flexibility index (Phi) is 3.67. The Labute approximate surface area is 94.0 Å². The Hall–Kier alpha value is -2.28. The topological polar surface area (TPSA) is 64.3 Å². The van der Waals surface area contributed by atoms with Crippen molar-refractivity contribution in [2.45, 2.75) is 0 Å². The highest BCUT2D eigenvalue weighted by Crippen LogP contribution is 2.14. The summed E-state index contributed by atoms with van der Waals surface area (Å²) in [4.78, 5) is 12.6. The minimum Gasteiger partial charge on any atom is -0.477 e. The molecular formula is C12H12N2O2. The quantitative estimate of drug-likeness (QED) is 0.617. The van der Waals surface area contributed by atoms with Gasteiger partial charge in [-0.2, -0.15) is 5.26 Å². The van der Waals surface area contributed by atoms with Gasteiger partial charge in [0.1, 0.15) is 11.6 Å². The summed E-state index contributed by atoms with van der Waals surface area (Å²) >= 11 is 0. The minimum atomic E-state index is -1.21. The van der Waals surface area contributed by atoms with Gasteiger partial charge < -0.3 is 10.0 Å². The molecule has 0 amide bonds. The molecule has 0 radical (unpaired) electrons. The molecule has 4 heteroatoms. The molecule has 1 rings (SSSR count). The maximum Gasteiger partial charge on any atom is 0.346 e. The van der Waals surface area contributed by atoms with E-state index >= 15 is 0 Å². The molecule has 0 bridgehead atoms. The molecule has 0 fully saturated rings. The standard InChI is InChI=1S/C12H12N2O2/c1-14(2)11-5-3-9(4-6-11)7-10(8-13)12(15)16/h3-7H,1-2H3,(H,15,16)/b10-7-. The third kappa shape index (κ3) is 2.85. The molecule has 0 aliphatic carbocycles. The zero-order valence-electron chi connectivity index (χ0n) is 9.14. The van der Waals surface area contributed by atoms with Gasteiger partial charge in [0, 0.05) is 19.8 Å². The number of carboxylic acids is 1. The van der Waals surface area contributed by atoms with E-state index in [-0.39, 0.29) is 5.57 Å². The lowest BCUT2D eigenvalue weighted by atomic mass is 10.1. The van der Waals surface area contributed by atoms with Crippen molar-refractivity contribution in [2.75, 3.05) is 19.0 Å². The number of nitrogens with zero attached hydrogens (tertiary/aromatic N) is 2. The fraction of sp³-hybridized carbons (Fsp3) is 0.167. The first-order valence-electron chi connectivity index (χ1n) is 4.67. The highest BCUT2D eigenvalue weighted by atomic mass is 16.4. The van der Waals surface area contributed by atoms with Crippen LogP contribution in [0, 0.1) is 11.3 Å². The zero-order chi connectivity index (χ0) is 12.1. The number of hydrogen-bond donors (Lipinski definition) is 1. The molecule has 0 atom stereocenters. The lowest BCUT2D eigenvalue weighted by Gasteiger charge is -2.11. The van der Waals surface area contributed by atoms with Crippen LogP contribution in [0.3, 0.4) is 0 Å². The summed E-state index contributed by atoms with van der Waals surface area (Å²) in [5.41, 5.74) is 1.45. The molecule has 4 nitrogen and oxygen atoms in total. The highest BCUT2D eigenvalue weighted by molar-refractivity contribution is 5.96. The second-order valence-electron chi connectivity index (χ2n) is 3.46. The normalized spacial score (nSPS) is 10.7. The average molecular weight is 216 g/mol. The molecule has 0 aromatic heterocycles. The SMILES string of the molecule is CN(C)c1ccc(/C=C(/C#N)C(=O)O)cc1. The number of aliphatic carboxylic acids is 1. The molecule has 82 valence electrons. The number of hydrogen-bond acceptors (Lipinski definition) is 3. The van der Waals surface area contributed by atoms with Crippen molar-refractivity contribution in [2.24, 2.45) is 0 Å². The van der Waals surface area contributed by atoms with Crippen LogP contribution in [-0.4, -0.2) is 25.2 Å². The molecule has 0 unspecified atom stereocenters. The van der Waals surface area contributed by atoms with Gasteiger partial charge in [-0.3, -0.25) is 0 Å². The van der Waals surface area contributed by atoms with Crippen molar-refractivity contribution in [3.63, 3.8) is 0 Å². The van der Waals surface area contributed by atoms with Gasteiger partial charge >= 0.3 is 5.97 Å². The largest absolute Gasteiger partial charge is 0.477 e. The van der Waals surface area contributed by atoms with Crippen molar-refractivity contribution < 1.29 is 9.90 Å². The maximum atomic E-state index is 10.6. The number of benzene rings is 1. The molecule has 0 spiro atoms. The maximum absolute atomic E-state index is 10.6. The van der Waals surface area contributed by atoms with Crippen LogP contribution in [0.5, 0.6) is 0 Å². The summed E-state index contributed by atoms with van der Waals surface area (Å²) in [6.07, 6.45) is 1.35. The van der Waals surface area contributed by atoms with E-state index in [4.69, 9.17) is 10.4 Å². The Morgan fingerprint density at radius 2 is 1.94 bits per heavy atom. The van der Waals surface area contributed by atoms with Crippen LogP contribution in [-0.2, 0) is 4.79 Å². The van der Waals surface area contributed by atoms with Crippen LogP contribution in [0.1, 0.15) is 5.56 Å². The van der Waals surface area contributed by atoms with E-state index in [2.05, 4.69) is 0 Å². The number of carbonyl (C=O) groups is 1. The molecule has 0 aliphatic heterocycles. The molecule has 0 saturated carbocycles. The van der Waals surface area contributed by atoms with Crippen molar-refractivity contribution in [3.05, 3.63) is 35.4 Å². The van der Waals surface area contributed by atoms with Crippen LogP contribution < -0.4 is 4.90 Å². The van der Waals surface area contributed by atoms with Gasteiger partial charge in [-0.05, 0) is 23.8 Å². The third-order valence-electron chi connectivity index (χ3n) is 2.07. The third-order valence-corrected chi connectivity index (χ3v) is 2.07. The second-order valence-corrected chi connectivity index (χ2v) is 3.46. The molecule has 1 aromatic rings. The van der Waals surface area contributed by atoms with Gasteiger partial charge in [0.15, 0.2) is 0 Å². The van der Waals surface area contributed by atoms with E-state index in [9.17, 15) is 4.79 Å². The van der Waals surface area contributed by atoms with E-state index in [0.29, 0.717) is 5.56 Å². The summed E-state index contributed by atoms with van der Waals surface area (Å²) in [5, 5.41) is 17.3. The molecule has 0 heterocycles. The monoisotopic (exact) mass is 216 g/mol. The van der Waals surface area contributed by atoms with E-state index < -0.39 is 5.97 Å². The summed E-state index contributed by atoms with van der Waals surface area (Å²) in [7, 11) is 3.84. The van der Waals surface area contributed by atoms with E-state index in [1.54, 1.807) is 18.2 Å². The van der Waals surface area contributed by atoms with Gasteiger partial charge in [0.25, 0.3) is 0 Å². The van der Waals surface area contributed by atoms with Crippen LogP contribution in [0.15, 0.2) is 29.8 Å². The van der Waals surface area contributed by atoms with Crippen LogP contribution in [0.4, 0.5) is 5.69 Å². The van der Waals surface area contributed by atoms with E-state index in [0.717, 1.165) is 5.69 Å². The molecule has 0 saturated heterocycles. The molecule has 16 heavy (non-hydrogen) atoms. The molecule has 0 aliphatic rings. The van der Waals surface area contributed by atoms with Crippen molar-refractivity contribution >= 4 is 17.7 Å². The highest BCUT2D eigenvalue weighted by Gasteiger charge is 2.05. The van der Waals surface area contributed by atoms with Gasteiger partial charge in [0.05, 0.1) is 0 Å². The van der Waals surface area contributed by atoms with Crippen LogP contribution >= 0.6 is 0 Å². The van der Waals surface area contributed by atoms with Crippen LogP contribution in [0.2, 0.25) is 0 Å². The Morgan fingerprint density at radius 3 is 2.31 bits per heavy atom. The average Bonchev–Trinajstić information content (AvgIpc) is 2.26. The number of nitriles is 1. The minimum absolute atomic E-state index is 0.266. The van der Waals surface area contributed by atoms with E-state index in [1.807, 2.05) is 31.1 Å². The zero-order valence-corrected chi connectivity index (χ0v) is 9.14. The van der Waals surface area contributed by atoms with Crippen molar-refractivity contribution in [1.29, 1.82) is 5.26 Å². The number of carboxylic acid groups (broad SMARTS) is 1. The summed E-state index contributed by atoms with van der Waals surface area (Å²) in [6, 6.07) is 8.91. The van der Waals surface area contributed by atoms with Gasteiger partial charge in [-0.25, -0.2) is 4.79 Å². The predicted octanol–water partition coefficient (Wildman–Crippen LogP) is 1.74. The first-order valence-corrected chi connectivity index (χ1v) is 4.67. The van der Waals surface area contributed by atoms with Crippen molar-refractivity contribution in [1.82, 2.24) is 0 Å². The fourth-order valence-corrected chi connectivity index (χ4v) is 1.18.